The van der Waals surface area contributed by atoms with Crippen LogP contribution in [-0.4, -0.2) is 39.3 Å². The first-order valence-corrected chi connectivity index (χ1v) is 9.04. The fraction of sp³-hybridized carbons (Fsp3) is 0.500. The van der Waals surface area contributed by atoms with Gasteiger partial charge in [0.1, 0.15) is 5.75 Å². The second kappa shape index (κ2) is 7.41. The summed E-state index contributed by atoms with van der Waals surface area (Å²) < 4.78 is 31.5. The first-order chi connectivity index (χ1) is 10.4. The monoisotopic (exact) mass is 346 g/mol. The lowest BCUT2D eigenvalue weighted by Gasteiger charge is -2.12. The molecule has 0 spiro atoms. The lowest BCUT2D eigenvalue weighted by atomic mass is 10.2. The molecule has 8 heteroatoms. The van der Waals surface area contributed by atoms with Gasteiger partial charge in [-0.05, 0) is 37.5 Å². The van der Waals surface area contributed by atoms with Crippen molar-refractivity contribution in [1.29, 1.82) is 0 Å². The van der Waals surface area contributed by atoms with Crippen LogP contribution in [0.5, 0.6) is 0 Å². The molecule has 22 heavy (non-hydrogen) atoms. The highest BCUT2D eigenvalue weighted by atomic mass is 35.5. The van der Waals surface area contributed by atoms with E-state index in [4.69, 9.17) is 16.3 Å². The number of hydrogen-bond donors (Lipinski definition) is 2. The van der Waals surface area contributed by atoms with E-state index in [9.17, 15) is 13.2 Å². The Kier molecular flexibility index (Phi) is 5.80. The van der Waals surface area contributed by atoms with Crippen molar-refractivity contribution in [1.82, 2.24) is 4.72 Å². The molecule has 0 radical (unpaired) electrons. The van der Waals surface area contributed by atoms with Gasteiger partial charge in [-0.3, -0.25) is 4.79 Å². The van der Waals surface area contributed by atoms with Crippen LogP contribution < -0.4 is 10.0 Å². The quantitative estimate of drug-likeness (QED) is 0.820. The molecule has 0 saturated carbocycles. The molecular weight excluding hydrogens is 328 g/mol. The van der Waals surface area contributed by atoms with Crippen LogP contribution >= 0.6 is 11.6 Å². The van der Waals surface area contributed by atoms with Crippen molar-refractivity contribution in [2.75, 3.05) is 24.2 Å². The zero-order valence-corrected chi connectivity index (χ0v) is 13.8. The predicted octanol–water partition coefficient (Wildman–Crippen LogP) is 1.69. The number of carbonyl (C=O) groups is 1. The highest BCUT2D eigenvalue weighted by Gasteiger charge is 2.21. The van der Waals surface area contributed by atoms with Crippen LogP contribution in [0.1, 0.15) is 18.4 Å². The minimum Gasteiger partial charge on any atom is -0.377 e. The zero-order chi connectivity index (χ0) is 16.2. The lowest BCUT2D eigenvalue weighted by molar-refractivity contribution is -0.113. The van der Waals surface area contributed by atoms with Crippen molar-refractivity contribution in [3.8, 4) is 0 Å². The molecule has 2 N–H and O–H groups in total. The number of anilines is 1. The highest BCUT2D eigenvalue weighted by molar-refractivity contribution is 7.90. The van der Waals surface area contributed by atoms with E-state index < -0.39 is 21.7 Å². The molecule has 1 aromatic rings. The molecular formula is C14H19ClN2O4S. The molecule has 1 aliphatic heterocycles. The largest absolute Gasteiger partial charge is 0.377 e. The molecule has 0 bridgehead atoms. The van der Waals surface area contributed by atoms with Crippen molar-refractivity contribution in [3.05, 3.63) is 28.8 Å². The second-order valence-electron chi connectivity index (χ2n) is 5.20. The van der Waals surface area contributed by atoms with E-state index >= 15 is 0 Å². The number of hydrogen-bond acceptors (Lipinski definition) is 4. The Morgan fingerprint density at radius 2 is 2.23 bits per heavy atom. The minimum atomic E-state index is -3.69. The van der Waals surface area contributed by atoms with E-state index in [1.165, 1.54) is 0 Å². The molecule has 1 aromatic carbocycles. The van der Waals surface area contributed by atoms with Gasteiger partial charge in [0.15, 0.2) is 0 Å². The van der Waals surface area contributed by atoms with Crippen LogP contribution in [0.4, 0.5) is 5.69 Å². The standard InChI is InChI=1S/C14H19ClN2O4S/c1-10-12(15)5-2-6-13(10)17-14(18)9-22(19,20)16-8-11-4-3-7-21-11/h2,5-6,11,16H,3-4,7-9H2,1H3,(H,17,18)/t11-/m1/s1. The molecule has 2 rings (SSSR count). The van der Waals surface area contributed by atoms with E-state index in [1.807, 2.05) is 0 Å². The van der Waals surface area contributed by atoms with Gasteiger partial charge in [-0.1, -0.05) is 17.7 Å². The summed E-state index contributed by atoms with van der Waals surface area (Å²) in [5.41, 5.74) is 1.20. The van der Waals surface area contributed by atoms with Gasteiger partial charge < -0.3 is 10.1 Å². The van der Waals surface area contributed by atoms with Gasteiger partial charge in [-0.2, -0.15) is 0 Å². The Bertz CT molecular complexity index is 642. The molecule has 0 unspecified atom stereocenters. The molecule has 1 heterocycles. The third-order valence-corrected chi connectivity index (χ3v) is 5.08. The Balaban J connectivity index is 1.88. The van der Waals surface area contributed by atoms with Crippen molar-refractivity contribution in [2.45, 2.75) is 25.9 Å². The first kappa shape index (κ1) is 17.2. The van der Waals surface area contributed by atoms with Gasteiger partial charge in [0.25, 0.3) is 0 Å². The van der Waals surface area contributed by atoms with Crippen LogP contribution in [0, 0.1) is 6.92 Å². The van der Waals surface area contributed by atoms with Gasteiger partial charge in [-0.15, -0.1) is 0 Å². The Labute approximate surface area is 135 Å². The topological polar surface area (TPSA) is 84.5 Å². The van der Waals surface area contributed by atoms with Crippen LogP contribution in [-0.2, 0) is 19.6 Å². The fourth-order valence-corrected chi connectivity index (χ4v) is 3.31. The Morgan fingerprint density at radius 3 is 2.91 bits per heavy atom. The van der Waals surface area contributed by atoms with Gasteiger partial charge >= 0.3 is 0 Å². The number of carbonyl (C=O) groups excluding carboxylic acids is 1. The van der Waals surface area contributed by atoms with E-state index in [2.05, 4.69) is 10.0 Å². The van der Waals surface area contributed by atoms with Crippen molar-refractivity contribution in [2.24, 2.45) is 0 Å². The molecule has 1 amide bonds. The zero-order valence-electron chi connectivity index (χ0n) is 12.3. The Hall–Kier alpha value is -1.15. The maximum Gasteiger partial charge on any atom is 0.241 e. The lowest BCUT2D eigenvalue weighted by Crippen LogP contribution is -2.37. The van der Waals surface area contributed by atoms with Crippen molar-refractivity contribution < 1.29 is 17.9 Å². The molecule has 1 saturated heterocycles. The Morgan fingerprint density at radius 1 is 1.45 bits per heavy atom. The van der Waals surface area contributed by atoms with E-state index in [0.29, 0.717) is 22.9 Å². The summed E-state index contributed by atoms with van der Waals surface area (Å²) in [7, 11) is -3.69. The van der Waals surface area contributed by atoms with Gasteiger partial charge in [0.2, 0.25) is 15.9 Å². The maximum absolute atomic E-state index is 11.9. The summed E-state index contributed by atoms with van der Waals surface area (Å²) in [4.78, 5) is 11.9. The van der Waals surface area contributed by atoms with E-state index in [1.54, 1.807) is 25.1 Å². The summed E-state index contributed by atoms with van der Waals surface area (Å²) in [6, 6.07) is 5.06. The first-order valence-electron chi connectivity index (χ1n) is 7.01. The van der Waals surface area contributed by atoms with Crippen LogP contribution in [0.2, 0.25) is 5.02 Å². The number of amides is 1. The van der Waals surface area contributed by atoms with Crippen LogP contribution in [0.25, 0.3) is 0 Å². The maximum atomic E-state index is 11.9. The third kappa shape index (κ3) is 4.95. The average Bonchev–Trinajstić information content (AvgIpc) is 2.94. The summed E-state index contributed by atoms with van der Waals surface area (Å²) >= 11 is 5.96. The minimum absolute atomic E-state index is 0.104. The predicted molar refractivity (Wildman–Crippen MR) is 85.6 cm³/mol. The number of nitrogens with one attached hydrogen (secondary N) is 2. The SMILES string of the molecule is Cc1c(Cl)cccc1NC(=O)CS(=O)(=O)NC[C@H]1CCCO1. The highest BCUT2D eigenvalue weighted by Crippen LogP contribution is 2.22. The number of benzene rings is 1. The van der Waals surface area contributed by atoms with Gasteiger partial charge in [0.05, 0.1) is 6.10 Å². The summed E-state index contributed by atoms with van der Waals surface area (Å²) in [5.74, 6) is -1.24. The summed E-state index contributed by atoms with van der Waals surface area (Å²) in [6.07, 6.45) is 1.66. The molecule has 0 aromatic heterocycles. The molecule has 0 aliphatic carbocycles. The number of sulfonamides is 1. The van der Waals surface area contributed by atoms with E-state index in [-0.39, 0.29) is 12.6 Å². The summed E-state index contributed by atoms with van der Waals surface area (Å²) in [5, 5.41) is 3.07. The van der Waals surface area contributed by atoms with Crippen LogP contribution in [0.3, 0.4) is 0 Å². The fourth-order valence-electron chi connectivity index (χ4n) is 2.18. The number of halogens is 1. The molecule has 1 fully saturated rings. The molecule has 6 nitrogen and oxygen atoms in total. The molecule has 1 aliphatic rings. The normalized spacial score (nSPS) is 18.4. The number of ether oxygens (including phenoxy) is 1. The molecule has 1 atom stereocenters. The number of rotatable bonds is 6. The van der Waals surface area contributed by atoms with Crippen molar-refractivity contribution >= 4 is 33.2 Å². The molecule has 122 valence electrons. The third-order valence-electron chi connectivity index (χ3n) is 3.42. The summed E-state index contributed by atoms with van der Waals surface area (Å²) in [6.45, 7) is 2.61. The average molecular weight is 347 g/mol. The van der Waals surface area contributed by atoms with Gasteiger partial charge in [-0.25, -0.2) is 13.1 Å². The van der Waals surface area contributed by atoms with Crippen LogP contribution in [0.15, 0.2) is 18.2 Å². The smallest absolute Gasteiger partial charge is 0.241 e. The van der Waals surface area contributed by atoms with Gasteiger partial charge in [0, 0.05) is 23.9 Å². The van der Waals surface area contributed by atoms with Crippen molar-refractivity contribution in [3.63, 3.8) is 0 Å². The van der Waals surface area contributed by atoms with E-state index in [0.717, 1.165) is 12.8 Å². The second-order valence-corrected chi connectivity index (χ2v) is 7.42.